The van der Waals surface area contributed by atoms with Gasteiger partial charge in [-0.25, -0.2) is 0 Å². The van der Waals surface area contributed by atoms with E-state index in [-0.39, 0.29) is 12.5 Å². The van der Waals surface area contributed by atoms with E-state index in [1.165, 1.54) is 0 Å². The predicted octanol–water partition coefficient (Wildman–Crippen LogP) is 3.06. The molecular weight excluding hydrogens is 254 g/mol. The molecule has 2 aromatic rings. The van der Waals surface area contributed by atoms with E-state index < -0.39 is 0 Å². The average molecular weight is 269 g/mol. The van der Waals surface area contributed by atoms with E-state index in [0.29, 0.717) is 11.5 Å². The molecule has 2 aromatic carbocycles. The summed E-state index contributed by atoms with van der Waals surface area (Å²) in [7, 11) is 1.60. The lowest BCUT2D eigenvalue weighted by Gasteiger charge is -2.30. The van der Waals surface area contributed by atoms with E-state index in [2.05, 4.69) is 0 Å². The fourth-order valence-corrected chi connectivity index (χ4v) is 2.34. The monoisotopic (exact) mass is 269 g/mol. The van der Waals surface area contributed by atoms with Gasteiger partial charge in [0.1, 0.15) is 11.5 Å². The van der Waals surface area contributed by atoms with Crippen LogP contribution in [0.2, 0.25) is 0 Å². The lowest BCUT2D eigenvalue weighted by atomic mass is 10.1. The highest BCUT2D eigenvalue weighted by atomic mass is 16.5. The van der Waals surface area contributed by atoms with E-state index in [4.69, 9.17) is 9.47 Å². The standard InChI is InChI=1S/C16H15NO3/c1-11-7-8-14(19-2)13(9-11)17-12-5-3-4-6-15(12)20-10-16(17)18/h3-9H,10H2,1-2H3. The number of benzene rings is 2. The molecule has 0 saturated carbocycles. The lowest BCUT2D eigenvalue weighted by molar-refractivity contribution is -0.120. The normalized spacial score (nSPS) is 13.7. The smallest absolute Gasteiger partial charge is 0.269 e. The highest BCUT2D eigenvalue weighted by molar-refractivity contribution is 6.05. The van der Waals surface area contributed by atoms with Crippen molar-refractivity contribution in [2.75, 3.05) is 18.6 Å². The first-order chi connectivity index (χ1) is 9.70. The number of amides is 1. The topological polar surface area (TPSA) is 38.8 Å². The summed E-state index contributed by atoms with van der Waals surface area (Å²) >= 11 is 0. The van der Waals surface area contributed by atoms with Crippen molar-refractivity contribution in [1.29, 1.82) is 0 Å². The molecule has 102 valence electrons. The maximum Gasteiger partial charge on any atom is 0.269 e. The van der Waals surface area contributed by atoms with Crippen molar-refractivity contribution < 1.29 is 14.3 Å². The number of rotatable bonds is 2. The quantitative estimate of drug-likeness (QED) is 0.841. The molecule has 0 fully saturated rings. The number of methoxy groups -OCH3 is 1. The van der Waals surface area contributed by atoms with Crippen molar-refractivity contribution in [2.24, 2.45) is 0 Å². The zero-order valence-corrected chi connectivity index (χ0v) is 11.4. The third-order valence-electron chi connectivity index (χ3n) is 3.28. The molecule has 0 aliphatic carbocycles. The minimum absolute atomic E-state index is 0.0358. The molecule has 0 bridgehead atoms. The van der Waals surface area contributed by atoms with Crippen LogP contribution in [0, 0.1) is 6.92 Å². The lowest BCUT2D eigenvalue weighted by Crippen LogP contribution is -2.35. The Balaban J connectivity index is 2.18. The molecule has 1 aliphatic rings. The summed E-state index contributed by atoms with van der Waals surface area (Å²) in [5, 5.41) is 0. The molecule has 1 aliphatic heterocycles. The van der Waals surface area contributed by atoms with Gasteiger partial charge in [-0.15, -0.1) is 0 Å². The Morgan fingerprint density at radius 2 is 1.95 bits per heavy atom. The van der Waals surface area contributed by atoms with E-state index >= 15 is 0 Å². The highest BCUT2D eigenvalue weighted by Crippen LogP contribution is 2.41. The van der Waals surface area contributed by atoms with Crippen LogP contribution in [0.15, 0.2) is 42.5 Å². The van der Waals surface area contributed by atoms with Crippen molar-refractivity contribution in [2.45, 2.75) is 6.92 Å². The molecule has 4 nitrogen and oxygen atoms in total. The van der Waals surface area contributed by atoms with Crippen LogP contribution >= 0.6 is 0 Å². The minimum Gasteiger partial charge on any atom is -0.495 e. The Hall–Kier alpha value is -2.49. The van der Waals surface area contributed by atoms with Crippen LogP contribution in [0.3, 0.4) is 0 Å². The van der Waals surface area contributed by atoms with Gasteiger partial charge < -0.3 is 9.47 Å². The molecule has 1 amide bonds. The van der Waals surface area contributed by atoms with Crippen LogP contribution in [0.1, 0.15) is 5.56 Å². The second-order valence-electron chi connectivity index (χ2n) is 4.66. The van der Waals surface area contributed by atoms with E-state index in [9.17, 15) is 4.79 Å². The largest absolute Gasteiger partial charge is 0.495 e. The fourth-order valence-electron chi connectivity index (χ4n) is 2.34. The average Bonchev–Trinajstić information content (AvgIpc) is 2.47. The number of hydrogen-bond acceptors (Lipinski definition) is 3. The zero-order chi connectivity index (χ0) is 14.1. The van der Waals surface area contributed by atoms with Crippen LogP contribution in [0.5, 0.6) is 11.5 Å². The number of ether oxygens (including phenoxy) is 2. The van der Waals surface area contributed by atoms with Crippen molar-refractivity contribution >= 4 is 17.3 Å². The number of para-hydroxylation sites is 2. The van der Waals surface area contributed by atoms with Crippen LogP contribution in [0.4, 0.5) is 11.4 Å². The second kappa shape index (κ2) is 4.89. The van der Waals surface area contributed by atoms with Gasteiger partial charge in [-0.05, 0) is 36.8 Å². The molecule has 0 spiro atoms. The Kier molecular flexibility index (Phi) is 3.06. The molecule has 0 atom stereocenters. The highest BCUT2D eigenvalue weighted by Gasteiger charge is 2.28. The number of anilines is 2. The van der Waals surface area contributed by atoms with Gasteiger partial charge in [-0.1, -0.05) is 18.2 Å². The second-order valence-corrected chi connectivity index (χ2v) is 4.66. The molecule has 20 heavy (non-hydrogen) atoms. The van der Waals surface area contributed by atoms with Gasteiger partial charge in [0.2, 0.25) is 0 Å². The summed E-state index contributed by atoms with van der Waals surface area (Å²) in [5.41, 5.74) is 2.55. The van der Waals surface area contributed by atoms with Crippen molar-refractivity contribution in [1.82, 2.24) is 0 Å². The van der Waals surface area contributed by atoms with Gasteiger partial charge in [0, 0.05) is 0 Å². The van der Waals surface area contributed by atoms with Gasteiger partial charge in [-0.2, -0.15) is 0 Å². The molecule has 0 unspecified atom stereocenters. The van der Waals surface area contributed by atoms with Gasteiger partial charge in [0.05, 0.1) is 18.5 Å². The molecule has 0 aromatic heterocycles. The molecule has 3 rings (SSSR count). The molecule has 0 N–H and O–H groups in total. The summed E-state index contributed by atoms with van der Waals surface area (Å²) in [6.45, 7) is 2.02. The van der Waals surface area contributed by atoms with E-state index in [1.807, 2.05) is 49.4 Å². The van der Waals surface area contributed by atoms with Gasteiger partial charge >= 0.3 is 0 Å². The maximum atomic E-state index is 12.3. The summed E-state index contributed by atoms with van der Waals surface area (Å²) < 4.78 is 10.8. The van der Waals surface area contributed by atoms with Gasteiger partial charge in [0.15, 0.2) is 6.61 Å². The number of aryl methyl sites for hydroxylation is 1. The molecule has 0 saturated heterocycles. The number of nitrogens with zero attached hydrogens (tertiary/aromatic N) is 1. The van der Waals surface area contributed by atoms with Crippen molar-refractivity contribution in [3.05, 3.63) is 48.0 Å². The number of carbonyl (C=O) groups is 1. The number of fused-ring (bicyclic) bond motifs is 1. The Bertz CT molecular complexity index is 667. The molecule has 1 heterocycles. The van der Waals surface area contributed by atoms with Crippen LogP contribution in [-0.4, -0.2) is 19.6 Å². The summed E-state index contributed by atoms with van der Waals surface area (Å²) in [6.07, 6.45) is 0. The van der Waals surface area contributed by atoms with E-state index in [0.717, 1.165) is 16.9 Å². The number of carbonyl (C=O) groups excluding carboxylic acids is 1. The van der Waals surface area contributed by atoms with Crippen LogP contribution < -0.4 is 14.4 Å². The molecule has 4 heteroatoms. The fraction of sp³-hybridized carbons (Fsp3) is 0.188. The van der Waals surface area contributed by atoms with Crippen LogP contribution in [0.25, 0.3) is 0 Å². The molecule has 0 radical (unpaired) electrons. The van der Waals surface area contributed by atoms with Crippen molar-refractivity contribution in [3.63, 3.8) is 0 Å². The Morgan fingerprint density at radius 3 is 2.75 bits per heavy atom. The SMILES string of the molecule is COc1ccc(C)cc1N1C(=O)COc2ccccc21. The minimum atomic E-state index is -0.104. The maximum absolute atomic E-state index is 12.3. The summed E-state index contributed by atoms with van der Waals surface area (Å²) in [4.78, 5) is 13.9. The zero-order valence-electron chi connectivity index (χ0n) is 11.4. The first-order valence-corrected chi connectivity index (χ1v) is 6.40. The molecular formula is C16H15NO3. The Labute approximate surface area is 117 Å². The third-order valence-corrected chi connectivity index (χ3v) is 3.28. The number of hydrogen-bond donors (Lipinski definition) is 0. The first kappa shape index (κ1) is 12.5. The predicted molar refractivity (Wildman–Crippen MR) is 76.8 cm³/mol. The summed E-state index contributed by atoms with van der Waals surface area (Å²) in [6, 6.07) is 13.3. The summed E-state index contributed by atoms with van der Waals surface area (Å²) in [5.74, 6) is 1.27. The van der Waals surface area contributed by atoms with Gasteiger partial charge in [0.25, 0.3) is 5.91 Å². The van der Waals surface area contributed by atoms with Gasteiger partial charge in [-0.3, -0.25) is 9.69 Å². The van der Waals surface area contributed by atoms with E-state index in [1.54, 1.807) is 12.0 Å². The first-order valence-electron chi connectivity index (χ1n) is 6.40. The Morgan fingerprint density at radius 1 is 1.15 bits per heavy atom. The van der Waals surface area contributed by atoms with Crippen LogP contribution in [-0.2, 0) is 4.79 Å². The third kappa shape index (κ3) is 1.99. The van der Waals surface area contributed by atoms with Crippen molar-refractivity contribution in [3.8, 4) is 11.5 Å².